The van der Waals surface area contributed by atoms with Crippen LogP contribution >= 0.6 is 0 Å². The molecule has 1 aliphatic heterocycles. The van der Waals surface area contributed by atoms with Gasteiger partial charge < -0.3 is 9.32 Å². The third-order valence-electron chi connectivity index (χ3n) is 5.10. The maximum absolute atomic E-state index is 6.19. The number of nitrogens with zero attached hydrogens (tertiary/aromatic N) is 2. The van der Waals surface area contributed by atoms with Crippen molar-refractivity contribution in [1.29, 1.82) is 0 Å². The molecule has 0 saturated carbocycles. The van der Waals surface area contributed by atoms with E-state index in [-0.39, 0.29) is 0 Å². The third-order valence-corrected chi connectivity index (χ3v) is 5.10. The molecule has 0 bridgehead atoms. The van der Waals surface area contributed by atoms with Crippen molar-refractivity contribution in [3.8, 4) is 0 Å². The van der Waals surface area contributed by atoms with Crippen molar-refractivity contribution >= 4 is 34.5 Å². The van der Waals surface area contributed by atoms with E-state index >= 15 is 0 Å². The topological polar surface area (TPSA) is 29.3 Å². The summed E-state index contributed by atoms with van der Waals surface area (Å²) in [6, 6.07) is 8.49. The Labute approximate surface area is 137 Å². The first-order valence-corrected chi connectivity index (χ1v) is 8.36. The molecule has 0 N–H and O–H groups in total. The van der Waals surface area contributed by atoms with Crippen LogP contribution < -0.4 is 4.90 Å². The summed E-state index contributed by atoms with van der Waals surface area (Å²) in [6.45, 7) is 9.28. The predicted molar refractivity (Wildman–Crippen MR) is 98.3 cm³/mol. The fraction of sp³-hybridized carbons (Fsp3) is 0.316. The zero-order valence-electron chi connectivity index (χ0n) is 14.1. The number of hydrogen-bond acceptors (Lipinski definition) is 3. The van der Waals surface area contributed by atoms with Gasteiger partial charge in [-0.05, 0) is 37.7 Å². The second-order valence-electron chi connectivity index (χ2n) is 6.58. The van der Waals surface area contributed by atoms with Gasteiger partial charge in [0.25, 0.3) is 0 Å². The Morgan fingerprint density at radius 1 is 1.17 bits per heavy atom. The molecule has 2 aromatic heterocycles. The summed E-state index contributed by atoms with van der Waals surface area (Å²) in [5, 5.41) is 2.24. The van der Waals surface area contributed by atoms with Crippen LogP contribution in [-0.2, 0) is 0 Å². The first kappa shape index (κ1) is 14.4. The van der Waals surface area contributed by atoms with E-state index in [0.29, 0.717) is 12.7 Å². The SMILES string of the molecule is CCB1C=CN(c2c(C)ccc3c2oc2nc(C)ccc23)[C@H]1C. The van der Waals surface area contributed by atoms with Gasteiger partial charge in [-0.15, -0.1) is 0 Å². The largest absolute Gasteiger partial charge is 0.435 e. The number of pyridine rings is 1. The number of aryl methyl sites for hydroxylation is 2. The molecular weight excluding hydrogens is 283 g/mol. The first-order chi connectivity index (χ1) is 11.1. The van der Waals surface area contributed by atoms with E-state index in [1.807, 2.05) is 13.0 Å². The summed E-state index contributed by atoms with van der Waals surface area (Å²) < 4.78 is 6.19. The minimum absolute atomic E-state index is 0.451. The average Bonchev–Trinajstić information content (AvgIpc) is 3.07. The lowest BCUT2D eigenvalue weighted by atomic mass is 9.44. The lowest BCUT2D eigenvalue weighted by molar-refractivity contribution is 0.650. The van der Waals surface area contributed by atoms with Crippen molar-refractivity contribution in [2.45, 2.75) is 40.0 Å². The number of fused-ring (bicyclic) bond motifs is 3. The van der Waals surface area contributed by atoms with Gasteiger partial charge in [0, 0.05) is 22.4 Å². The van der Waals surface area contributed by atoms with Crippen molar-refractivity contribution in [1.82, 2.24) is 4.98 Å². The Kier molecular flexibility index (Phi) is 3.22. The van der Waals surface area contributed by atoms with Crippen molar-refractivity contribution in [2.24, 2.45) is 0 Å². The Morgan fingerprint density at radius 2 is 1.96 bits per heavy atom. The molecule has 0 spiro atoms. The fourth-order valence-corrected chi connectivity index (χ4v) is 3.68. The molecule has 1 aromatic carbocycles. The molecule has 23 heavy (non-hydrogen) atoms. The molecule has 4 rings (SSSR count). The van der Waals surface area contributed by atoms with Crippen LogP contribution in [0.25, 0.3) is 22.1 Å². The van der Waals surface area contributed by atoms with Gasteiger partial charge in [0.15, 0.2) is 12.3 Å². The molecule has 0 radical (unpaired) electrons. The predicted octanol–water partition coefficient (Wildman–Crippen LogP) is 4.91. The van der Waals surface area contributed by atoms with Gasteiger partial charge in [0.05, 0.1) is 5.69 Å². The number of furan rings is 1. The second-order valence-corrected chi connectivity index (χ2v) is 6.58. The van der Waals surface area contributed by atoms with Crippen LogP contribution in [0.1, 0.15) is 25.1 Å². The van der Waals surface area contributed by atoms with Crippen molar-refractivity contribution in [3.05, 3.63) is 47.7 Å². The number of aromatic nitrogens is 1. The summed E-state index contributed by atoms with van der Waals surface area (Å²) in [5.74, 6) is 2.76. The standard InChI is InChI=1S/C19H21BN2O/c1-5-20-10-11-22(14(20)4)17-12(2)6-8-15-16-9-7-13(3)21-19(16)23-18(15)17/h6-11,14H,5H2,1-4H3/t14-/m0/s1. The number of rotatable bonds is 2. The van der Waals surface area contributed by atoms with Crippen molar-refractivity contribution < 1.29 is 4.42 Å². The van der Waals surface area contributed by atoms with E-state index in [0.717, 1.165) is 34.1 Å². The molecule has 3 aromatic rings. The highest BCUT2D eigenvalue weighted by Gasteiger charge is 2.30. The maximum atomic E-state index is 6.19. The molecule has 1 aliphatic rings. The van der Waals surface area contributed by atoms with Crippen LogP contribution in [0, 0.1) is 13.8 Å². The molecule has 0 fully saturated rings. The summed E-state index contributed by atoms with van der Waals surface area (Å²) in [6.07, 6.45) is 3.37. The van der Waals surface area contributed by atoms with Crippen LogP contribution in [0.3, 0.4) is 0 Å². The highest BCUT2D eigenvalue weighted by Crippen LogP contribution is 2.39. The van der Waals surface area contributed by atoms with Crippen LogP contribution in [-0.4, -0.2) is 17.6 Å². The van der Waals surface area contributed by atoms with Gasteiger partial charge in [0.2, 0.25) is 5.71 Å². The molecule has 0 aliphatic carbocycles. The molecular formula is C19H21BN2O. The maximum Gasteiger partial charge on any atom is 0.227 e. The molecule has 3 nitrogen and oxygen atoms in total. The van der Waals surface area contributed by atoms with Crippen molar-refractivity contribution in [2.75, 3.05) is 4.90 Å². The summed E-state index contributed by atoms with van der Waals surface area (Å²) >= 11 is 0. The molecule has 3 heterocycles. The van der Waals surface area contributed by atoms with E-state index in [9.17, 15) is 0 Å². The Balaban J connectivity index is 1.97. The minimum Gasteiger partial charge on any atom is -0.435 e. The fourth-order valence-electron chi connectivity index (χ4n) is 3.68. The highest BCUT2D eigenvalue weighted by atomic mass is 16.3. The zero-order valence-corrected chi connectivity index (χ0v) is 14.1. The average molecular weight is 304 g/mol. The van der Waals surface area contributed by atoms with E-state index in [1.165, 1.54) is 11.3 Å². The normalized spacial score (nSPS) is 17.8. The molecule has 0 saturated heterocycles. The highest BCUT2D eigenvalue weighted by molar-refractivity contribution is 6.67. The lowest BCUT2D eigenvalue weighted by Gasteiger charge is -2.26. The van der Waals surface area contributed by atoms with Gasteiger partial charge in [-0.2, -0.15) is 0 Å². The summed E-state index contributed by atoms with van der Waals surface area (Å²) in [7, 11) is 0. The molecule has 0 unspecified atom stereocenters. The smallest absolute Gasteiger partial charge is 0.227 e. The van der Waals surface area contributed by atoms with Crippen molar-refractivity contribution in [3.63, 3.8) is 0 Å². The first-order valence-electron chi connectivity index (χ1n) is 8.36. The molecule has 4 heteroatoms. The molecule has 0 amide bonds. The zero-order chi connectivity index (χ0) is 16.1. The number of hydrogen-bond donors (Lipinski definition) is 0. The number of benzene rings is 1. The third kappa shape index (κ3) is 2.08. The number of anilines is 1. The van der Waals surface area contributed by atoms with Gasteiger partial charge in [-0.1, -0.05) is 38.3 Å². The van der Waals surface area contributed by atoms with Crippen LogP contribution in [0.15, 0.2) is 40.9 Å². The van der Waals surface area contributed by atoms with Gasteiger partial charge >= 0.3 is 0 Å². The van der Waals surface area contributed by atoms with E-state index in [2.05, 4.69) is 61.0 Å². The van der Waals surface area contributed by atoms with Gasteiger partial charge in [0.1, 0.15) is 0 Å². The van der Waals surface area contributed by atoms with E-state index < -0.39 is 0 Å². The van der Waals surface area contributed by atoms with Crippen LogP contribution in [0.4, 0.5) is 5.69 Å². The monoisotopic (exact) mass is 304 g/mol. The summed E-state index contributed by atoms with van der Waals surface area (Å²) in [5.41, 5.74) is 5.08. The minimum atomic E-state index is 0.451. The van der Waals surface area contributed by atoms with Crippen LogP contribution in [0.5, 0.6) is 0 Å². The molecule has 1 atom stereocenters. The second kappa shape index (κ2) is 5.15. The van der Waals surface area contributed by atoms with Gasteiger partial charge in [-0.25, -0.2) is 4.98 Å². The van der Waals surface area contributed by atoms with E-state index in [4.69, 9.17) is 4.42 Å². The Hall–Kier alpha value is -2.23. The Morgan fingerprint density at radius 3 is 2.70 bits per heavy atom. The lowest BCUT2D eigenvalue weighted by Crippen LogP contribution is -2.35. The van der Waals surface area contributed by atoms with E-state index in [1.54, 1.807) is 0 Å². The quantitative estimate of drug-likeness (QED) is 0.630. The van der Waals surface area contributed by atoms with Crippen LogP contribution in [0.2, 0.25) is 6.32 Å². The summed E-state index contributed by atoms with van der Waals surface area (Å²) in [4.78, 5) is 6.92. The Bertz CT molecular complexity index is 928. The van der Waals surface area contributed by atoms with Gasteiger partial charge in [-0.3, -0.25) is 0 Å². The molecule has 116 valence electrons.